The fraction of sp³-hybridized carbons (Fsp3) is 0.533. The average Bonchev–Trinajstić information content (AvgIpc) is 2.97. The Kier molecular flexibility index (Phi) is 5.56. The molecule has 2 heterocycles. The lowest BCUT2D eigenvalue weighted by atomic mass is 10.0. The maximum atomic E-state index is 13.4. The highest BCUT2D eigenvalue weighted by molar-refractivity contribution is 5.85. The van der Waals surface area contributed by atoms with Crippen molar-refractivity contribution in [3.63, 3.8) is 0 Å². The number of carbonyl (C=O) groups excluding carboxylic acids is 1. The lowest BCUT2D eigenvalue weighted by Gasteiger charge is -2.31. The van der Waals surface area contributed by atoms with Crippen molar-refractivity contribution in [3.8, 4) is 0 Å². The standard InChI is InChI=1S/C15H19FN2O2.ClH/c16-12-4-1-3-11(9-12)13-5-2-7-18(13)15(19)14-10-17-6-8-20-14;/h1,3-4,9,13-14,17H,2,5-8,10H2;1H. The first-order valence-corrected chi connectivity index (χ1v) is 7.14. The van der Waals surface area contributed by atoms with Gasteiger partial charge in [-0.2, -0.15) is 0 Å². The molecular formula is C15H20ClFN2O2. The van der Waals surface area contributed by atoms with Crippen LogP contribution in [0.2, 0.25) is 0 Å². The molecule has 4 nitrogen and oxygen atoms in total. The van der Waals surface area contributed by atoms with E-state index in [1.165, 1.54) is 12.1 Å². The summed E-state index contributed by atoms with van der Waals surface area (Å²) in [5, 5.41) is 3.17. The van der Waals surface area contributed by atoms with Crippen LogP contribution in [0.3, 0.4) is 0 Å². The van der Waals surface area contributed by atoms with Gasteiger partial charge in [0.05, 0.1) is 12.6 Å². The van der Waals surface area contributed by atoms with Crippen molar-refractivity contribution in [1.29, 1.82) is 0 Å². The predicted octanol–water partition coefficient (Wildman–Crippen LogP) is 1.90. The van der Waals surface area contributed by atoms with Gasteiger partial charge in [0.2, 0.25) is 0 Å². The number of ether oxygens (including phenoxy) is 1. The van der Waals surface area contributed by atoms with Crippen LogP contribution in [-0.2, 0) is 9.53 Å². The van der Waals surface area contributed by atoms with Crippen LogP contribution >= 0.6 is 12.4 Å². The summed E-state index contributed by atoms with van der Waals surface area (Å²) in [7, 11) is 0. The van der Waals surface area contributed by atoms with Gasteiger partial charge >= 0.3 is 0 Å². The number of nitrogens with zero attached hydrogens (tertiary/aromatic N) is 1. The Morgan fingerprint density at radius 1 is 1.43 bits per heavy atom. The van der Waals surface area contributed by atoms with E-state index in [4.69, 9.17) is 4.74 Å². The van der Waals surface area contributed by atoms with Gasteiger partial charge in [-0.05, 0) is 30.5 Å². The normalized spacial score (nSPS) is 25.5. The molecule has 2 unspecified atom stereocenters. The molecule has 2 atom stereocenters. The maximum Gasteiger partial charge on any atom is 0.253 e. The minimum Gasteiger partial charge on any atom is -0.366 e. The van der Waals surface area contributed by atoms with Crippen LogP contribution in [-0.4, -0.2) is 43.2 Å². The second-order valence-corrected chi connectivity index (χ2v) is 5.31. The molecule has 1 N–H and O–H groups in total. The van der Waals surface area contributed by atoms with E-state index >= 15 is 0 Å². The molecule has 0 bridgehead atoms. The lowest BCUT2D eigenvalue weighted by Crippen LogP contribution is -2.49. The highest BCUT2D eigenvalue weighted by Crippen LogP contribution is 2.32. The first kappa shape index (κ1) is 16.2. The highest BCUT2D eigenvalue weighted by atomic mass is 35.5. The largest absolute Gasteiger partial charge is 0.366 e. The molecule has 0 radical (unpaired) electrons. The Balaban J connectivity index is 0.00000161. The Hall–Kier alpha value is -1.17. The van der Waals surface area contributed by atoms with Crippen LogP contribution in [0, 0.1) is 5.82 Å². The van der Waals surface area contributed by atoms with Crippen molar-refractivity contribution in [2.45, 2.75) is 25.0 Å². The number of likely N-dealkylation sites (tertiary alicyclic amines) is 1. The van der Waals surface area contributed by atoms with Crippen LogP contribution in [0.5, 0.6) is 0 Å². The molecule has 0 spiro atoms. The molecule has 21 heavy (non-hydrogen) atoms. The minimum atomic E-state index is -0.405. The van der Waals surface area contributed by atoms with Gasteiger partial charge in [0.15, 0.2) is 0 Å². The number of morpholine rings is 1. The number of amides is 1. The van der Waals surface area contributed by atoms with Crippen LogP contribution < -0.4 is 5.32 Å². The van der Waals surface area contributed by atoms with Gasteiger partial charge in [-0.15, -0.1) is 12.4 Å². The molecule has 3 rings (SSSR count). The summed E-state index contributed by atoms with van der Waals surface area (Å²) in [4.78, 5) is 14.4. The van der Waals surface area contributed by atoms with E-state index in [2.05, 4.69) is 5.32 Å². The lowest BCUT2D eigenvalue weighted by molar-refractivity contribution is -0.146. The minimum absolute atomic E-state index is 0. The maximum absolute atomic E-state index is 13.4. The topological polar surface area (TPSA) is 41.6 Å². The van der Waals surface area contributed by atoms with Gasteiger partial charge in [0, 0.05) is 19.6 Å². The molecular weight excluding hydrogens is 295 g/mol. The zero-order chi connectivity index (χ0) is 13.9. The van der Waals surface area contributed by atoms with E-state index in [-0.39, 0.29) is 30.2 Å². The molecule has 2 saturated heterocycles. The van der Waals surface area contributed by atoms with Crippen LogP contribution in [0.1, 0.15) is 24.4 Å². The smallest absolute Gasteiger partial charge is 0.253 e. The molecule has 0 saturated carbocycles. The molecule has 6 heteroatoms. The monoisotopic (exact) mass is 314 g/mol. The molecule has 1 aromatic rings. The van der Waals surface area contributed by atoms with Gasteiger partial charge in [-0.3, -0.25) is 4.79 Å². The summed E-state index contributed by atoms with van der Waals surface area (Å²) >= 11 is 0. The second kappa shape index (κ2) is 7.20. The third-order valence-corrected chi connectivity index (χ3v) is 3.97. The van der Waals surface area contributed by atoms with Crippen molar-refractivity contribution < 1.29 is 13.9 Å². The molecule has 2 aliphatic heterocycles. The van der Waals surface area contributed by atoms with E-state index < -0.39 is 6.10 Å². The van der Waals surface area contributed by atoms with Crippen molar-refractivity contribution in [1.82, 2.24) is 10.2 Å². The number of carbonyl (C=O) groups is 1. The number of halogens is 2. The SMILES string of the molecule is Cl.O=C(C1CNCCO1)N1CCCC1c1cccc(F)c1. The summed E-state index contributed by atoms with van der Waals surface area (Å²) in [6, 6.07) is 6.52. The predicted molar refractivity (Wildman–Crippen MR) is 79.9 cm³/mol. The zero-order valence-corrected chi connectivity index (χ0v) is 12.6. The van der Waals surface area contributed by atoms with Gasteiger partial charge in [0.1, 0.15) is 11.9 Å². The summed E-state index contributed by atoms with van der Waals surface area (Å²) in [5.41, 5.74) is 0.875. The van der Waals surface area contributed by atoms with E-state index in [0.717, 1.165) is 31.5 Å². The third kappa shape index (κ3) is 3.54. The summed E-state index contributed by atoms with van der Waals surface area (Å²) < 4.78 is 18.9. The van der Waals surface area contributed by atoms with Gasteiger partial charge < -0.3 is 15.0 Å². The first-order chi connectivity index (χ1) is 9.75. The first-order valence-electron chi connectivity index (χ1n) is 7.14. The van der Waals surface area contributed by atoms with Crippen molar-refractivity contribution in [3.05, 3.63) is 35.6 Å². The highest BCUT2D eigenvalue weighted by Gasteiger charge is 2.35. The number of rotatable bonds is 2. The Morgan fingerprint density at radius 3 is 3.00 bits per heavy atom. The van der Waals surface area contributed by atoms with Crippen LogP contribution in [0.4, 0.5) is 4.39 Å². The van der Waals surface area contributed by atoms with E-state index in [0.29, 0.717) is 13.2 Å². The summed E-state index contributed by atoms with van der Waals surface area (Å²) in [5.74, 6) is -0.235. The number of hydrogen-bond acceptors (Lipinski definition) is 3. The molecule has 2 fully saturated rings. The number of hydrogen-bond donors (Lipinski definition) is 1. The second-order valence-electron chi connectivity index (χ2n) is 5.31. The molecule has 0 aromatic heterocycles. The van der Waals surface area contributed by atoms with Crippen LogP contribution in [0.25, 0.3) is 0 Å². The van der Waals surface area contributed by atoms with Gasteiger partial charge in [0.25, 0.3) is 5.91 Å². The van der Waals surface area contributed by atoms with Crippen molar-refractivity contribution >= 4 is 18.3 Å². The Morgan fingerprint density at radius 2 is 2.29 bits per heavy atom. The number of benzene rings is 1. The average molecular weight is 315 g/mol. The summed E-state index contributed by atoms with van der Waals surface area (Å²) in [6.07, 6.45) is 1.43. The van der Waals surface area contributed by atoms with Crippen LogP contribution in [0.15, 0.2) is 24.3 Å². The quantitative estimate of drug-likeness (QED) is 0.906. The van der Waals surface area contributed by atoms with Crippen molar-refractivity contribution in [2.24, 2.45) is 0 Å². The van der Waals surface area contributed by atoms with E-state index in [1.54, 1.807) is 6.07 Å². The third-order valence-electron chi connectivity index (χ3n) is 3.97. The molecule has 0 aliphatic carbocycles. The Labute approximate surface area is 130 Å². The fourth-order valence-electron chi connectivity index (χ4n) is 3.00. The number of nitrogens with one attached hydrogen (secondary N) is 1. The Bertz CT molecular complexity index is 494. The fourth-order valence-corrected chi connectivity index (χ4v) is 3.00. The molecule has 2 aliphatic rings. The molecule has 116 valence electrons. The van der Waals surface area contributed by atoms with Gasteiger partial charge in [-0.1, -0.05) is 12.1 Å². The van der Waals surface area contributed by atoms with E-state index in [9.17, 15) is 9.18 Å². The van der Waals surface area contributed by atoms with Crippen molar-refractivity contribution in [2.75, 3.05) is 26.2 Å². The zero-order valence-electron chi connectivity index (χ0n) is 11.8. The van der Waals surface area contributed by atoms with E-state index in [1.807, 2.05) is 11.0 Å². The van der Waals surface area contributed by atoms with Gasteiger partial charge in [-0.25, -0.2) is 4.39 Å². The molecule has 1 amide bonds. The summed E-state index contributed by atoms with van der Waals surface area (Å²) in [6.45, 7) is 2.64. The molecule has 1 aromatic carbocycles.